The summed E-state index contributed by atoms with van der Waals surface area (Å²) in [4.78, 5) is 9.91. The van der Waals surface area contributed by atoms with Crippen molar-refractivity contribution in [3.8, 4) is 0 Å². The van der Waals surface area contributed by atoms with Crippen LogP contribution in [-0.4, -0.2) is 17.7 Å². The third-order valence-electron chi connectivity index (χ3n) is 0.937. The molecule has 0 radical (unpaired) electrons. The zero-order valence-corrected chi connectivity index (χ0v) is 6.32. The van der Waals surface area contributed by atoms with E-state index in [2.05, 4.69) is 11.3 Å². The van der Waals surface area contributed by atoms with Gasteiger partial charge in [-0.15, -0.1) is 6.58 Å². The van der Waals surface area contributed by atoms with E-state index < -0.39 is 5.97 Å². The number of hydrogen-bond acceptors (Lipinski definition) is 2. The molecule has 1 N–H and O–H groups in total. The van der Waals surface area contributed by atoms with E-state index in [1.165, 1.54) is 6.26 Å². The molecule has 0 saturated heterocycles. The molecule has 0 aliphatic carbocycles. The summed E-state index contributed by atoms with van der Waals surface area (Å²) in [5.74, 6) is -0.960. The van der Waals surface area contributed by atoms with Crippen LogP contribution in [0.15, 0.2) is 25.0 Å². The SMILES string of the molecule is C=CCC/C=C/OCC(=O)O. The Labute approximate surface area is 66.0 Å². The van der Waals surface area contributed by atoms with Crippen LogP contribution >= 0.6 is 0 Å². The lowest BCUT2D eigenvalue weighted by molar-refractivity contribution is -0.140. The number of aliphatic carboxylic acids is 1. The van der Waals surface area contributed by atoms with Crippen molar-refractivity contribution in [2.75, 3.05) is 6.61 Å². The van der Waals surface area contributed by atoms with Gasteiger partial charge in [-0.05, 0) is 18.9 Å². The van der Waals surface area contributed by atoms with Gasteiger partial charge in [-0.1, -0.05) is 6.08 Å². The van der Waals surface area contributed by atoms with Crippen molar-refractivity contribution in [2.45, 2.75) is 12.8 Å². The highest BCUT2D eigenvalue weighted by Gasteiger charge is 1.90. The third-order valence-corrected chi connectivity index (χ3v) is 0.937. The molecule has 0 unspecified atom stereocenters. The minimum Gasteiger partial charge on any atom is -0.490 e. The highest BCUT2D eigenvalue weighted by atomic mass is 16.5. The van der Waals surface area contributed by atoms with Gasteiger partial charge in [-0.2, -0.15) is 0 Å². The van der Waals surface area contributed by atoms with Crippen molar-refractivity contribution in [3.05, 3.63) is 25.0 Å². The summed E-state index contributed by atoms with van der Waals surface area (Å²) in [5, 5.41) is 8.14. The quantitative estimate of drug-likeness (QED) is 0.360. The first-order valence-corrected chi connectivity index (χ1v) is 3.36. The lowest BCUT2D eigenvalue weighted by Gasteiger charge is -1.92. The maximum Gasteiger partial charge on any atom is 0.341 e. The van der Waals surface area contributed by atoms with Crippen LogP contribution in [0.1, 0.15) is 12.8 Å². The van der Waals surface area contributed by atoms with E-state index in [0.29, 0.717) is 0 Å². The summed E-state index contributed by atoms with van der Waals surface area (Å²) in [6, 6.07) is 0. The van der Waals surface area contributed by atoms with Crippen LogP contribution < -0.4 is 0 Å². The predicted molar refractivity (Wildman–Crippen MR) is 42.2 cm³/mol. The zero-order chi connectivity index (χ0) is 8.53. The van der Waals surface area contributed by atoms with E-state index in [1.807, 2.05) is 0 Å². The summed E-state index contributed by atoms with van der Waals surface area (Å²) in [5.41, 5.74) is 0. The fraction of sp³-hybridized carbons (Fsp3) is 0.375. The molecule has 0 aromatic rings. The van der Waals surface area contributed by atoms with E-state index in [-0.39, 0.29) is 6.61 Å². The van der Waals surface area contributed by atoms with Crippen LogP contribution in [0.4, 0.5) is 0 Å². The number of allylic oxidation sites excluding steroid dienone is 2. The van der Waals surface area contributed by atoms with E-state index in [0.717, 1.165) is 12.8 Å². The minimum absolute atomic E-state index is 0.273. The molecule has 0 aliphatic heterocycles. The number of carbonyl (C=O) groups is 1. The molecule has 0 rings (SSSR count). The van der Waals surface area contributed by atoms with Crippen molar-refractivity contribution in [1.29, 1.82) is 0 Å². The first kappa shape index (κ1) is 9.75. The monoisotopic (exact) mass is 156 g/mol. The Morgan fingerprint density at radius 1 is 1.55 bits per heavy atom. The molecule has 0 saturated carbocycles. The maximum absolute atomic E-state index is 9.91. The molecular formula is C8H12O3. The molecule has 0 aromatic carbocycles. The fourth-order valence-electron chi connectivity index (χ4n) is 0.470. The van der Waals surface area contributed by atoms with Crippen LogP contribution in [-0.2, 0) is 9.53 Å². The van der Waals surface area contributed by atoms with Gasteiger partial charge >= 0.3 is 5.97 Å². The van der Waals surface area contributed by atoms with Crippen molar-refractivity contribution in [2.24, 2.45) is 0 Å². The minimum atomic E-state index is -0.960. The number of carboxylic acids is 1. The van der Waals surface area contributed by atoms with Gasteiger partial charge in [0.15, 0.2) is 6.61 Å². The fourth-order valence-corrected chi connectivity index (χ4v) is 0.470. The molecular weight excluding hydrogens is 144 g/mol. The van der Waals surface area contributed by atoms with Crippen LogP contribution in [0.2, 0.25) is 0 Å². The number of hydrogen-bond donors (Lipinski definition) is 1. The molecule has 62 valence electrons. The Bertz CT molecular complexity index is 149. The lowest BCUT2D eigenvalue weighted by atomic mass is 10.3. The van der Waals surface area contributed by atoms with E-state index in [4.69, 9.17) is 5.11 Å². The summed E-state index contributed by atoms with van der Waals surface area (Å²) < 4.78 is 4.63. The van der Waals surface area contributed by atoms with Crippen molar-refractivity contribution in [1.82, 2.24) is 0 Å². The molecule has 0 heterocycles. The van der Waals surface area contributed by atoms with E-state index in [9.17, 15) is 4.79 Å². The van der Waals surface area contributed by atoms with Gasteiger partial charge in [0.1, 0.15) is 0 Å². The average Bonchev–Trinajstić information content (AvgIpc) is 1.96. The number of ether oxygens (including phenoxy) is 1. The van der Waals surface area contributed by atoms with Crippen molar-refractivity contribution in [3.63, 3.8) is 0 Å². The van der Waals surface area contributed by atoms with Gasteiger partial charge in [0.25, 0.3) is 0 Å². The Hall–Kier alpha value is -1.25. The molecule has 0 atom stereocenters. The van der Waals surface area contributed by atoms with Crippen molar-refractivity contribution < 1.29 is 14.6 Å². The molecule has 0 amide bonds. The molecule has 3 nitrogen and oxygen atoms in total. The molecule has 11 heavy (non-hydrogen) atoms. The number of unbranched alkanes of at least 4 members (excludes halogenated alkanes) is 1. The first-order chi connectivity index (χ1) is 5.27. The molecule has 0 spiro atoms. The Kier molecular flexibility index (Phi) is 6.08. The second-order valence-corrected chi connectivity index (χ2v) is 1.94. The standard InChI is InChI=1S/C8H12O3/c1-2-3-4-5-6-11-7-8(9)10/h2,5-6H,1,3-4,7H2,(H,9,10)/b6-5+. The maximum atomic E-state index is 9.91. The van der Waals surface area contributed by atoms with E-state index in [1.54, 1.807) is 12.2 Å². The summed E-state index contributed by atoms with van der Waals surface area (Å²) in [6.45, 7) is 3.26. The second-order valence-electron chi connectivity index (χ2n) is 1.94. The zero-order valence-electron chi connectivity index (χ0n) is 6.32. The average molecular weight is 156 g/mol. The van der Waals surface area contributed by atoms with Crippen LogP contribution in [0.25, 0.3) is 0 Å². The van der Waals surface area contributed by atoms with E-state index >= 15 is 0 Å². The van der Waals surface area contributed by atoms with Gasteiger partial charge in [0, 0.05) is 0 Å². The smallest absolute Gasteiger partial charge is 0.341 e. The normalized spacial score (nSPS) is 9.82. The summed E-state index contributed by atoms with van der Waals surface area (Å²) in [7, 11) is 0. The molecule has 0 aromatic heterocycles. The molecule has 0 fully saturated rings. The van der Waals surface area contributed by atoms with Crippen LogP contribution in [0.5, 0.6) is 0 Å². The van der Waals surface area contributed by atoms with Crippen LogP contribution in [0.3, 0.4) is 0 Å². The molecule has 3 heteroatoms. The Morgan fingerprint density at radius 3 is 2.82 bits per heavy atom. The largest absolute Gasteiger partial charge is 0.490 e. The molecule has 0 aliphatic rings. The number of rotatable bonds is 6. The number of carboxylic acid groups (broad SMARTS) is 1. The van der Waals surface area contributed by atoms with Gasteiger partial charge in [-0.3, -0.25) is 0 Å². The predicted octanol–water partition coefficient (Wildman–Crippen LogP) is 1.57. The molecule has 0 bridgehead atoms. The van der Waals surface area contributed by atoms with Gasteiger partial charge in [0.05, 0.1) is 6.26 Å². The van der Waals surface area contributed by atoms with Gasteiger partial charge in [-0.25, -0.2) is 4.79 Å². The van der Waals surface area contributed by atoms with Crippen molar-refractivity contribution >= 4 is 5.97 Å². The lowest BCUT2D eigenvalue weighted by Crippen LogP contribution is -2.02. The Morgan fingerprint density at radius 2 is 2.27 bits per heavy atom. The highest BCUT2D eigenvalue weighted by Crippen LogP contribution is 1.90. The first-order valence-electron chi connectivity index (χ1n) is 3.36. The third kappa shape index (κ3) is 8.75. The van der Waals surface area contributed by atoms with Gasteiger partial charge in [0.2, 0.25) is 0 Å². The van der Waals surface area contributed by atoms with Gasteiger partial charge < -0.3 is 9.84 Å². The topological polar surface area (TPSA) is 46.5 Å². The highest BCUT2D eigenvalue weighted by molar-refractivity contribution is 5.68. The summed E-state index contributed by atoms with van der Waals surface area (Å²) >= 11 is 0. The summed E-state index contributed by atoms with van der Waals surface area (Å²) in [6.07, 6.45) is 6.68. The van der Waals surface area contributed by atoms with Crippen LogP contribution in [0, 0.1) is 0 Å². The second kappa shape index (κ2) is 6.86. The Balaban J connectivity index is 3.16.